The molecule has 7 nitrogen and oxygen atoms in total. The van der Waals surface area contributed by atoms with E-state index in [1.54, 1.807) is 11.8 Å². The van der Waals surface area contributed by atoms with Crippen LogP contribution in [0.1, 0.15) is 26.7 Å². The Bertz CT molecular complexity index is 598. The van der Waals surface area contributed by atoms with E-state index in [1.807, 2.05) is 37.3 Å². The third-order valence-electron chi connectivity index (χ3n) is 4.15. The predicted molar refractivity (Wildman–Crippen MR) is 94.0 cm³/mol. The van der Waals surface area contributed by atoms with Gasteiger partial charge in [0.15, 0.2) is 6.10 Å². The number of carbonyl (C=O) groups excluding carboxylic acids is 3. The molecule has 136 valence electrons. The van der Waals surface area contributed by atoms with Gasteiger partial charge in [-0.15, -0.1) is 0 Å². The van der Waals surface area contributed by atoms with Gasteiger partial charge in [-0.05, 0) is 38.8 Å². The van der Waals surface area contributed by atoms with E-state index in [1.165, 1.54) is 0 Å². The summed E-state index contributed by atoms with van der Waals surface area (Å²) >= 11 is 0. The Morgan fingerprint density at radius 3 is 2.44 bits per heavy atom. The summed E-state index contributed by atoms with van der Waals surface area (Å²) in [6.45, 7) is 4.82. The third kappa shape index (κ3) is 5.48. The van der Waals surface area contributed by atoms with Crippen LogP contribution in [0.5, 0.6) is 0 Å². The Morgan fingerprint density at radius 2 is 1.84 bits per heavy atom. The second-order valence-corrected chi connectivity index (χ2v) is 6.03. The van der Waals surface area contributed by atoms with E-state index in [9.17, 15) is 14.4 Å². The van der Waals surface area contributed by atoms with Crippen LogP contribution < -0.4 is 10.6 Å². The first kappa shape index (κ1) is 18.8. The Hall–Kier alpha value is -2.57. The number of benzene rings is 1. The predicted octanol–water partition coefficient (Wildman–Crippen LogP) is 2.00. The van der Waals surface area contributed by atoms with Gasteiger partial charge >= 0.3 is 12.0 Å². The van der Waals surface area contributed by atoms with E-state index < -0.39 is 6.10 Å². The number of nitrogens with zero attached hydrogens (tertiary/aromatic N) is 1. The largest absolute Gasteiger partial charge is 0.452 e. The minimum Gasteiger partial charge on any atom is -0.452 e. The number of piperidine rings is 1. The van der Waals surface area contributed by atoms with Gasteiger partial charge in [0.2, 0.25) is 0 Å². The molecule has 0 aliphatic carbocycles. The lowest BCUT2D eigenvalue weighted by molar-refractivity contribution is -0.159. The molecule has 2 rings (SSSR count). The van der Waals surface area contributed by atoms with E-state index >= 15 is 0 Å². The maximum Gasteiger partial charge on any atom is 0.321 e. The van der Waals surface area contributed by atoms with Gasteiger partial charge in [-0.3, -0.25) is 9.59 Å². The first-order chi connectivity index (χ1) is 12.0. The smallest absolute Gasteiger partial charge is 0.321 e. The van der Waals surface area contributed by atoms with E-state index in [-0.39, 0.29) is 23.8 Å². The summed E-state index contributed by atoms with van der Waals surface area (Å²) in [6, 6.07) is 9.07. The number of rotatable bonds is 5. The van der Waals surface area contributed by atoms with Crippen LogP contribution in [-0.4, -0.2) is 48.5 Å². The molecule has 1 saturated heterocycles. The molecular formula is C18H25N3O4. The molecule has 0 saturated carbocycles. The van der Waals surface area contributed by atoms with Gasteiger partial charge in [0.05, 0.1) is 5.92 Å². The first-order valence-electron chi connectivity index (χ1n) is 8.60. The summed E-state index contributed by atoms with van der Waals surface area (Å²) in [4.78, 5) is 37.7. The average Bonchev–Trinajstić information content (AvgIpc) is 2.62. The SMILES string of the molecule is CCNC(=O)[C@H](C)OC(=O)C1CCN(C(=O)Nc2ccccc2)CC1. The molecule has 0 unspecified atom stereocenters. The maximum atomic E-state index is 12.2. The van der Waals surface area contributed by atoms with Crippen LogP contribution >= 0.6 is 0 Å². The van der Waals surface area contributed by atoms with Crippen molar-refractivity contribution in [2.45, 2.75) is 32.8 Å². The second-order valence-electron chi connectivity index (χ2n) is 6.03. The molecule has 2 N–H and O–H groups in total. The van der Waals surface area contributed by atoms with Crippen molar-refractivity contribution in [1.82, 2.24) is 10.2 Å². The third-order valence-corrected chi connectivity index (χ3v) is 4.15. The molecule has 3 amide bonds. The van der Waals surface area contributed by atoms with Crippen molar-refractivity contribution in [3.05, 3.63) is 30.3 Å². The summed E-state index contributed by atoms with van der Waals surface area (Å²) in [5.41, 5.74) is 0.741. The molecule has 0 bridgehead atoms. The number of nitrogens with one attached hydrogen (secondary N) is 2. The number of esters is 1. The van der Waals surface area contributed by atoms with Gasteiger partial charge in [0, 0.05) is 25.3 Å². The van der Waals surface area contributed by atoms with Gasteiger partial charge in [-0.2, -0.15) is 0 Å². The quantitative estimate of drug-likeness (QED) is 0.798. The van der Waals surface area contributed by atoms with Crippen molar-refractivity contribution in [2.24, 2.45) is 5.92 Å². The summed E-state index contributed by atoms with van der Waals surface area (Å²) in [5.74, 6) is -0.949. The monoisotopic (exact) mass is 347 g/mol. The van der Waals surface area contributed by atoms with Crippen LogP contribution in [-0.2, 0) is 14.3 Å². The molecule has 0 aromatic heterocycles. The number of hydrogen-bond acceptors (Lipinski definition) is 4. The Kier molecular flexibility index (Phi) is 6.80. The molecule has 1 aliphatic rings. The van der Waals surface area contributed by atoms with Crippen molar-refractivity contribution in [1.29, 1.82) is 0 Å². The van der Waals surface area contributed by atoms with E-state index in [4.69, 9.17) is 4.74 Å². The van der Waals surface area contributed by atoms with Crippen molar-refractivity contribution in [3.63, 3.8) is 0 Å². The zero-order valence-corrected chi connectivity index (χ0v) is 14.7. The molecule has 1 heterocycles. The first-order valence-corrected chi connectivity index (χ1v) is 8.60. The topological polar surface area (TPSA) is 87.7 Å². The van der Waals surface area contributed by atoms with Crippen LogP contribution in [0.25, 0.3) is 0 Å². The number of likely N-dealkylation sites (tertiary alicyclic amines) is 1. The zero-order chi connectivity index (χ0) is 18.2. The average molecular weight is 347 g/mol. The lowest BCUT2D eigenvalue weighted by Crippen LogP contribution is -2.44. The highest BCUT2D eigenvalue weighted by Crippen LogP contribution is 2.20. The number of para-hydroxylation sites is 1. The molecule has 0 spiro atoms. The summed E-state index contributed by atoms with van der Waals surface area (Å²) in [5, 5.41) is 5.46. The highest BCUT2D eigenvalue weighted by atomic mass is 16.5. The van der Waals surface area contributed by atoms with Gasteiger partial charge < -0.3 is 20.3 Å². The van der Waals surface area contributed by atoms with E-state index in [2.05, 4.69) is 10.6 Å². The number of urea groups is 1. The number of carbonyl (C=O) groups is 3. The number of ether oxygens (including phenoxy) is 1. The highest BCUT2D eigenvalue weighted by Gasteiger charge is 2.30. The highest BCUT2D eigenvalue weighted by molar-refractivity contribution is 5.89. The van der Waals surface area contributed by atoms with Crippen molar-refractivity contribution >= 4 is 23.6 Å². The molecule has 0 radical (unpaired) electrons. The molecule has 7 heteroatoms. The summed E-state index contributed by atoms with van der Waals surface area (Å²) in [7, 11) is 0. The number of likely N-dealkylation sites (N-methyl/N-ethyl adjacent to an activating group) is 1. The lowest BCUT2D eigenvalue weighted by Gasteiger charge is -2.31. The number of anilines is 1. The maximum absolute atomic E-state index is 12.2. The number of amides is 3. The van der Waals surface area contributed by atoms with E-state index in [0.717, 1.165) is 5.69 Å². The number of hydrogen-bond donors (Lipinski definition) is 2. The molecule has 1 atom stereocenters. The minimum atomic E-state index is -0.799. The normalized spacial score (nSPS) is 16.0. The van der Waals surface area contributed by atoms with Crippen LogP contribution in [0.15, 0.2) is 30.3 Å². The fraction of sp³-hybridized carbons (Fsp3) is 0.500. The molecular weight excluding hydrogens is 322 g/mol. The molecule has 25 heavy (non-hydrogen) atoms. The second kappa shape index (κ2) is 9.05. The van der Waals surface area contributed by atoms with Gasteiger partial charge in [-0.1, -0.05) is 18.2 Å². The fourth-order valence-electron chi connectivity index (χ4n) is 2.68. The van der Waals surface area contributed by atoms with Crippen LogP contribution in [0.4, 0.5) is 10.5 Å². The molecule has 1 fully saturated rings. The van der Waals surface area contributed by atoms with Gasteiger partial charge in [-0.25, -0.2) is 4.79 Å². The zero-order valence-electron chi connectivity index (χ0n) is 14.7. The Balaban J connectivity index is 1.77. The van der Waals surface area contributed by atoms with Crippen LogP contribution in [0.3, 0.4) is 0 Å². The minimum absolute atomic E-state index is 0.172. The Morgan fingerprint density at radius 1 is 1.20 bits per heavy atom. The van der Waals surface area contributed by atoms with Crippen molar-refractivity contribution in [2.75, 3.05) is 25.0 Å². The Labute approximate surface area is 147 Å². The van der Waals surface area contributed by atoms with Crippen molar-refractivity contribution in [3.8, 4) is 0 Å². The summed E-state index contributed by atoms with van der Waals surface area (Å²) in [6.07, 6.45) is 0.263. The van der Waals surface area contributed by atoms with Crippen LogP contribution in [0.2, 0.25) is 0 Å². The van der Waals surface area contributed by atoms with Crippen LogP contribution in [0, 0.1) is 5.92 Å². The lowest BCUT2D eigenvalue weighted by atomic mass is 9.97. The van der Waals surface area contributed by atoms with Crippen molar-refractivity contribution < 1.29 is 19.1 Å². The van der Waals surface area contributed by atoms with Gasteiger partial charge in [0.1, 0.15) is 0 Å². The molecule has 1 aromatic rings. The summed E-state index contributed by atoms with van der Waals surface area (Å²) < 4.78 is 5.23. The standard InChI is InChI=1S/C18H25N3O4/c1-3-19-16(22)13(2)25-17(23)14-9-11-21(12-10-14)18(24)20-15-7-5-4-6-8-15/h4-8,13-14H,3,9-12H2,1-2H3,(H,19,22)(H,20,24)/t13-/m0/s1. The van der Waals surface area contributed by atoms with Gasteiger partial charge in [0.25, 0.3) is 5.91 Å². The van der Waals surface area contributed by atoms with E-state index in [0.29, 0.717) is 32.5 Å². The molecule has 1 aliphatic heterocycles. The fourth-order valence-corrected chi connectivity index (χ4v) is 2.68. The molecule has 1 aromatic carbocycles.